The van der Waals surface area contributed by atoms with Crippen LogP contribution >= 0.6 is 0 Å². The lowest BCUT2D eigenvalue weighted by Gasteiger charge is -2.30. The average Bonchev–Trinajstić information content (AvgIpc) is 3.38. The fraction of sp³-hybridized carbons (Fsp3) is 0.0323. The summed E-state index contributed by atoms with van der Waals surface area (Å²) in [4.78, 5) is 6.91. The Balaban J connectivity index is 1.17. The molecule has 0 bridgehead atoms. The molecule has 0 unspecified atom stereocenters. The Bertz CT molecular complexity index is 2810. The molecule has 0 N–H and O–H groups in total. The van der Waals surface area contributed by atoms with Crippen LogP contribution in [0.25, 0.3) is 0 Å². The first-order valence-corrected chi connectivity index (χ1v) is 22.5. The second-order valence-electron chi connectivity index (χ2n) is 16.2. The summed E-state index contributed by atoms with van der Waals surface area (Å²) in [6.07, 6.45) is 0.756. The van der Waals surface area contributed by atoms with Crippen LogP contribution < -0.4 is 19.4 Å². The van der Waals surface area contributed by atoms with Crippen molar-refractivity contribution < 1.29 is 4.74 Å². The van der Waals surface area contributed by atoms with Crippen LogP contribution in [0.1, 0.15) is 22.6 Å². The first-order chi connectivity index (χ1) is 32.7. The van der Waals surface area contributed by atoms with Crippen LogP contribution in [0.3, 0.4) is 0 Å². The highest BCUT2D eigenvalue weighted by atomic mass is 16.5. The zero-order valence-electron chi connectivity index (χ0n) is 36.6. The van der Waals surface area contributed by atoms with E-state index in [0.29, 0.717) is 5.75 Å². The number of nitrogens with zero attached hydrogens (tertiary/aromatic N) is 3. The van der Waals surface area contributed by atoms with Crippen molar-refractivity contribution in [2.45, 2.75) is 12.3 Å². The van der Waals surface area contributed by atoms with Crippen LogP contribution in [0.2, 0.25) is 0 Å². The molecule has 4 heteroatoms. The Labute approximate surface area is 388 Å². The fourth-order valence-corrected chi connectivity index (χ4v) is 8.81. The molecule has 10 rings (SSSR count). The minimum absolute atomic E-state index is 0.114. The van der Waals surface area contributed by atoms with Crippen molar-refractivity contribution in [2.24, 2.45) is 0 Å². The second kappa shape index (κ2) is 19.8. The van der Waals surface area contributed by atoms with Gasteiger partial charge in [-0.05, 0) is 114 Å². The molecule has 0 aliphatic heterocycles. The van der Waals surface area contributed by atoms with E-state index in [1.807, 2.05) is 0 Å². The lowest BCUT2D eigenvalue weighted by atomic mass is 9.86. The minimum Gasteiger partial charge on any atom is -0.457 e. The summed E-state index contributed by atoms with van der Waals surface area (Å²) in [7, 11) is 0. The second-order valence-corrected chi connectivity index (χ2v) is 16.2. The molecule has 0 aliphatic carbocycles. The van der Waals surface area contributed by atoms with Gasteiger partial charge in [-0.1, -0.05) is 170 Å². The third kappa shape index (κ3) is 9.50. The van der Waals surface area contributed by atoms with Gasteiger partial charge in [0.1, 0.15) is 11.5 Å². The number of anilines is 9. The number of hydrogen-bond acceptors (Lipinski definition) is 4. The third-order valence-corrected chi connectivity index (χ3v) is 11.8. The topological polar surface area (TPSA) is 19.0 Å². The molecular formula is C62H49N3O. The van der Waals surface area contributed by atoms with Gasteiger partial charge in [-0.15, -0.1) is 0 Å². The van der Waals surface area contributed by atoms with Crippen LogP contribution in [0.5, 0.6) is 11.5 Å². The predicted octanol–water partition coefficient (Wildman–Crippen LogP) is 17.3. The van der Waals surface area contributed by atoms with E-state index in [-0.39, 0.29) is 5.92 Å². The summed E-state index contributed by atoms with van der Waals surface area (Å²) in [5, 5.41) is 0. The summed E-state index contributed by atoms with van der Waals surface area (Å²) >= 11 is 0. The molecule has 0 radical (unpaired) electrons. The monoisotopic (exact) mass is 851 g/mol. The summed E-state index contributed by atoms with van der Waals surface area (Å²) in [6.45, 7) is 0. The Morgan fingerprint density at radius 1 is 0.258 bits per heavy atom. The van der Waals surface area contributed by atoms with Crippen LogP contribution in [0.4, 0.5) is 51.2 Å². The molecule has 10 aromatic rings. The van der Waals surface area contributed by atoms with Crippen molar-refractivity contribution in [1.82, 2.24) is 0 Å². The van der Waals surface area contributed by atoms with Crippen LogP contribution in [-0.2, 0) is 6.42 Å². The van der Waals surface area contributed by atoms with Crippen molar-refractivity contribution in [3.63, 3.8) is 0 Å². The quantitative estimate of drug-likeness (QED) is 0.102. The largest absolute Gasteiger partial charge is 0.457 e. The van der Waals surface area contributed by atoms with Crippen LogP contribution in [0, 0.1) is 0 Å². The Morgan fingerprint density at radius 3 is 0.818 bits per heavy atom. The van der Waals surface area contributed by atoms with Crippen molar-refractivity contribution in [2.75, 3.05) is 14.7 Å². The van der Waals surface area contributed by atoms with E-state index in [2.05, 4.69) is 294 Å². The Kier molecular flexibility index (Phi) is 12.5. The van der Waals surface area contributed by atoms with Crippen molar-refractivity contribution in [1.29, 1.82) is 0 Å². The maximum atomic E-state index is 7.32. The standard InChI is InChI=1S/C62H49N3O/c1-9-25-49(26-10-1)62(50-27-11-2-12-28-50)43-48-41-57(63(51-29-13-3-14-30-51)52-31-15-4-16-32-52)45-60(42-48)66-61-46-58(64(53-33-17-5-18-34-53)54-35-19-6-20-36-54)44-59(47-61)65(55-37-21-7-22-38-55)56-39-23-8-24-40-56/h1-42,44-47,62H,43H2. The van der Waals surface area contributed by atoms with Crippen LogP contribution in [0.15, 0.2) is 279 Å². The number of rotatable bonds is 15. The van der Waals surface area contributed by atoms with E-state index in [9.17, 15) is 0 Å². The van der Waals surface area contributed by atoms with E-state index in [4.69, 9.17) is 4.74 Å². The molecule has 0 aliphatic rings. The maximum Gasteiger partial charge on any atom is 0.131 e. The Morgan fingerprint density at radius 2 is 0.515 bits per heavy atom. The summed E-state index contributed by atoms with van der Waals surface area (Å²) in [6, 6.07) is 98.3. The van der Waals surface area contributed by atoms with Gasteiger partial charge in [0.05, 0.1) is 17.1 Å². The lowest BCUT2D eigenvalue weighted by Crippen LogP contribution is -2.13. The van der Waals surface area contributed by atoms with Gasteiger partial charge in [-0.25, -0.2) is 0 Å². The smallest absolute Gasteiger partial charge is 0.131 e. The molecule has 0 spiro atoms. The molecule has 0 aromatic heterocycles. The number of hydrogen-bond donors (Lipinski definition) is 0. The minimum atomic E-state index is 0.114. The molecule has 0 heterocycles. The van der Waals surface area contributed by atoms with Gasteiger partial charge in [0.15, 0.2) is 0 Å². The van der Waals surface area contributed by atoms with Gasteiger partial charge in [-0.2, -0.15) is 0 Å². The third-order valence-electron chi connectivity index (χ3n) is 11.8. The molecule has 4 nitrogen and oxygen atoms in total. The van der Waals surface area contributed by atoms with Crippen LogP contribution in [-0.4, -0.2) is 0 Å². The number of benzene rings is 10. The van der Waals surface area contributed by atoms with Gasteiger partial charge < -0.3 is 19.4 Å². The Hall–Kier alpha value is -8.60. The predicted molar refractivity (Wildman–Crippen MR) is 275 cm³/mol. The van der Waals surface area contributed by atoms with E-state index in [1.165, 1.54) is 11.1 Å². The zero-order chi connectivity index (χ0) is 44.3. The fourth-order valence-electron chi connectivity index (χ4n) is 8.81. The van der Waals surface area contributed by atoms with Crippen molar-refractivity contribution in [3.05, 3.63) is 296 Å². The van der Waals surface area contributed by atoms with Gasteiger partial charge in [-0.3, -0.25) is 0 Å². The molecule has 0 amide bonds. The van der Waals surface area contributed by atoms with E-state index in [0.717, 1.165) is 68.9 Å². The molecular weight excluding hydrogens is 803 g/mol. The first-order valence-electron chi connectivity index (χ1n) is 22.5. The molecule has 10 aromatic carbocycles. The maximum absolute atomic E-state index is 7.32. The summed E-state index contributed by atoms with van der Waals surface area (Å²) in [5.41, 5.74) is 12.9. The highest BCUT2D eigenvalue weighted by Gasteiger charge is 2.22. The van der Waals surface area contributed by atoms with Crippen molar-refractivity contribution in [3.8, 4) is 11.5 Å². The zero-order valence-corrected chi connectivity index (χ0v) is 36.6. The molecule has 0 saturated heterocycles. The summed E-state index contributed by atoms with van der Waals surface area (Å²) < 4.78 is 7.32. The highest BCUT2D eigenvalue weighted by Crippen LogP contribution is 2.45. The molecule has 318 valence electrons. The molecule has 0 atom stereocenters. The number of para-hydroxylation sites is 6. The lowest BCUT2D eigenvalue weighted by molar-refractivity contribution is 0.482. The highest BCUT2D eigenvalue weighted by molar-refractivity contribution is 5.84. The molecule has 0 saturated carbocycles. The van der Waals surface area contributed by atoms with E-state index < -0.39 is 0 Å². The SMILES string of the molecule is c1ccc(C(Cc2cc(Oc3cc(N(c4ccccc4)c4ccccc4)cc(N(c4ccccc4)c4ccccc4)c3)cc(N(c3ccccc3)c3ccccc3)c2)c2ccccc2)cc1. The molecule has 66 heavy (non-hydrogen) atoms. The average molecular weight is 852 g/mol. The summed E-state index contributed by atoms with van der Waals surface area (Å²) in [5.74, 6) is 1.55. The van der Waals surface area contributed by atoms with Gasteiger partial charge in [0, 0.05) is 58.2 Å². The normalized spacial score (nSPS) is 10.9. The first kappa shape index (κ1) is 41.4. The van der Waals surface area contributed by atoms with E-state index in [1.54, 1.807) is 0 Å². The van der Waals surface area contributed by atoms with Gasteiger partial charge in [0.25, 0.3) is 0 Å². The number of ether oxygens (including phenoxy) is 1. The molecule has 0 fully saturated rings. The van der Waals surface area contributed by atoms with Gasteiger partial charge >= 0.3 is 0 Å². The van der Waals surface area contributed by atoms with E-state index >= 15 is 0 Å². The van der Waals surface area contributed by atoms with Crippen molar-refractivity contribution >= 4 is 51.2 Å². The van der Waals surface area contributed by atoms with Gasteiger partial charge in [0.2, 0.25) is 0 Å².